The van der Waals surface area contributed by atoms with Gasteiger partial charge in [-0.05, 0) is 86.2 Å². The number of ether oxygens (including phenoxy) is 1. The van der Waals surface area contributed by atoms with Crippen molar-refractivity contribution in [3.05, 3.63) is 89.5 Å². The van der Waals surface area contributed by atoms with Gasteiger partial charge in [-0.3, -0.25) is 4.79 Å². The quantitative estimate of drug-likeness (QED) is 0.498. The summed E-state index contributed by atoms with van der Waals surface area (Å²) < 4.78 is 6.11. The molecule has 1 saturated heterocycles. The average Bonchev–Trinajstić information content (AvgIpc) is 3.10. The standard InChI is InChI=1S/C27H29NO3/c1-19-6-3-4-8-22(19)16-21-7-5-9-26(17-21)31-25-14-12-23(13-15-25)28-20(2)10-11-24(28)18-27(29)30/h3-9,12-15,17,20,24H,10-11,16,18H2,1-2H3,(H,29,30). The summed E-state index contributed by atoms with van der Waals surface area (Å²) in [7, 11) is 0. The smallest absolute Gasteiger partial charge is 0.305 e. The van der Waals surface area contributed by atoms with Crippen LogP contribution in [0.4, 0.5) is 5.69 Å². The van der Waals surface area contributed by atoms with Crippen molar-refractivity contribution in [3.63, 3.8) is 0 Å². The van der Waals surface area contributed by atoms with Crippen LogP contribution in [0.2, 0.25) is 0 Å². The second-order valence-corrected chi connectivity index (χ2v) is 8.43. The lowest BCUT2D eigenvalue weighted by Crippen LogP contribution is -2.35. The maximum atomic E-state index is 11.2. The third kappa shape index (κ3) is 5.08. The van der Waals surface area contributed by atoms with E-state index in [0.29, 0.717) is 6.04 Å². The Morgan fingerprint density at radius 2 is 1.77 bits per heavy atom. The maximum absolute atomic E-state index is 11.2. The molecule has 1 N–H and O–H groups in total. The van der Waals surface area contributed by atoms with Crippen molar-refractivity contribution in [2.24, 2.45) is 0 Å². The van der Waals surface area contributed by atoms with E-state index in [4.69, 9.17) is 4.74 Å². The molecule has 0 aromatic heterocycles. The highest BCUT2D eigenvalue weighted by Crippen LogP contribution is 2.34. The van der Waals surface area contributed by atoms with Crippen molar-refractivity contribution >= 4 is 11.7 Å². The minimum absolute atomic E-state index is 0.0531. The zero-order chi connectivity index (χ0) is 21.8. The van der Waals surface area contributed by atoms with E-state index < -0.39 is 5.97 Å². The fourth-order valence-corrected chi connectivity index (χ4v) is 4.51. The van der Waals surface area contributed by atoms with Gasteiger partial charge in [0.2, 0.25) is 0 Å². The van der Waals surface area contributed by atoms with Crippen LogP contribution in [0.3, 0.4) is 0 Å². The first-order valence-corrected chi connectivity index (χ1v) is 10.9. The Balaban J connectivity index is 1.46. The second-order valence-electron chi connectivity index (χ2n) is 8.43. The largest absolute Gasteiger partial charge is 0.481 e. The molecule has 1 aliphatic heterocycles. The van der Waals surface area contributed by atoms with Crippen LogP contribution in [0, 0.1) is 6.92 Å². The van der Waals surface area contributed by atoms with Crippen LogP contribution in [0.1, 0.15) is 42.9 Å². The lowest BCUT2D eigenvalue weighted by molar-refractivity contribution is -0.137. The minimum atomic E-state index is -0.741. The Morgan fingerprint density at radius 3 is 2.52 bits per heavy atom. The van der Waals surface area contributed by atoms with E-state index in [1.165, 1.54) is 16.7 Å². The lowest BCUT2D eigenvalue weighted by Gasteiger charge is -2.30. The highest BCUT2D eigenvalue weighted by Gasteiger charge is 2.32. The van der Waals surface area contributed by atoms with E-state index in [2.05, 4.69) is 55.1 Å². The predicted molar refractivity (Wildman–Crippen MR) is 124 cm³/mol. The molecule has 2 atom stereocenters. The first-order chi connectivity index (χ1) is 15.0. The fraction of sp³-hybridized carbons (Fsp3) is 0.296. The van der Waals surface area contributed by atoms with Crippen LogP contribution in [-0.2, 0) is 11.2 Å². The molecule has 1 aliphatic rings. The normalized spacial score (nSPS) is 18.2. The van der Waals surface area contributed by atoms with Crippen LogP contribution in [0.15, 0.2) is 72.8 Å². The Hall–Kier alpha value is -3.27. The number of carboxylic acids is 1. The van der Waals surface area contributed by atoms with E-state index in [0.717, 1.165) is 36.4 Å². The van der Waals surface area contributed by atoms with Crippen molar-refractivity contribution in [2.45, 2.75) is 51.6 Å². The molecule has 3 aromatic carbocycles. The summed E-state index contributed by atoms with van der Waals surface area (Å²) in [5.74, 6) is 0.852. The van der Waals surface area contributed by atoms with Crippen LogP contribution < -0.4 is 9.64 Å². The third-order valence-corrected chi connectivity index (χ3v) is 6.12. The predicted octanol–water partition coefficient (Wildman–Crippen LogP) is 6.21. The van der Waals surface area contributed by atoms with Crippen molar-refractivity contribution < 1.29 is 14.6 Å². The molecule has 1 heterocycles. The summed E-state index contributed by atoms with van der Waals surface area (Å²) in [6.45, 7) is 4.30. The topological polar surface area (TPSA) is 49.8 Å². The molecule has 0 radical (unpaired) electrons. The van der Waals surface area contributed by atoms with Crippen LogP contribution in [0.5, 0.6) is 11.5 Å². The van der Waals surface area contributed by atoms with Crippen molar-refractivity contribution in [2.75, 3.05) is 4.90 Å². The number of aryl methyl sites for hydroxylation is 1. The van der Waals surface area contributed by atoms with Gasteiger partial charge in [0.15, 0.2) is 0 Å². The van der Waals surface area contributed by atoms with Crippen LogP contribution in [-0.4, -0.2) is 23.2 Å². The summed E-state index contributed by atoms with van der Waals surface area (Å²) in [5.41, 5.74) is 4.88. The maximum Gasteiger partial charge on any atom is 0.305 e. The number of hydrogen-bond donors (Lipinski definition) is 1. The molecule has 2 unspecified atom stereocenters. The summed E-state index contributed by atoms with van der Waals surface area (Å²) in [5, 5.41) is 9.22. The molecular formula is C27H29NO3. The van der Waals surface area contributed by atoms with Gasteiger partial charge in [-0.25, -0.2) is 0 Å². The molecule has 0 bridgehead atoms. The lowest BCUT2D eigenvalue weighted by atomic mass is 10.0. The van der Waals surface area contributed by atoms with Gasteiger partial charge in [0.25, 0.3) is 0 Å². The van der Waals surface area contributed by atoms with E-state index in [1.807, 2.05) is 36.4 Å². The Kier molecular flexibility index (Phi) is 6.26. The number of benzene rings is 3. The molecule has 4 rings (SSSR count). The second kappa shape index (κ2) is 9.25. The van der Waals surface area contributed by atoms with Crippen LogP contribution in [0.25, 0.3) is 0 Å². The molecule has 1 fully saturated rings. The first-order valence-electron chi connectivity index (χ1n) is 10.9. The zero-order valence-electron chi connectivity index (χ0n) is 18.1. The molecule has 0 spiro atoms. The van der Waals surface area contributed by atoms with Gasteiger partial charge in [-0.1, -0.05) is 36.4 Å². The van der Waals surface area contributed by atoms with E-state index in [9.17, 15) is 9.90 Å². The fourth-order valence-electron chi connectivity index (χ4n) is 4.51. The monoisotopic (exact) mass is 415 g/mol. The zero-order valence-corrected chi connectivity index (χ0v) is 18.1. The number of carbonyl (C=O) groups is 1. The molecule has 3 aromatic rings. The molecule has 4 nitrogen and oxygen atoms in total. The SMILES string of the molecule is Cc1ccccc1Cc1cccc(Oc2ccc(N3C(C)CCC3CC(=O)O)cc2)c1. The molecule has 4 heteroatoms. The van der Waals surface area contributed by atoms with E-state index >= 15 is 0 Å². The summed E-state index contributed by atoms with van der Waals surface area (Å²) in [6.07, 6.45) is 2.99. The number of anilines is 1. The molecule has 160 valence electrons. The Labute approximate surface area is 184 Å². The van der Waals surface area contributed by atoms with E-state index in [-0.39, 0.29) is 12.5 Å². The average molecular weight is 416 g/mol. The van der Waals surface area contributed by atoms with Gasteiger partial charge >= 0.3 is 5.97 Å². The Bertz CT molecular complexity index is 1040. The number of nitrogens with zero attached hydrogens (tertiary/aromatic N) is 1. The minimum Gasteiger partial charge on any atom is -0.481 e. The van der Waals surface area contributed by atoms with Crippen molar-refractivity contribution in [1.82, 2.24) is 0 Å². The van der Waals surface area contributed by atoms with Crippen molar-refractivity contribution in [3.8, 4) is 11.5 Å². The van der Waals surface area contributed by atoms with Gasteiger partial charge in [0, 0.05) is 17.8 Å². The number of hydrogen-bond acceptors (Lipinski definition) is 3. The molecule has 0 aliphatic carbocycles. The summed E-state index contributed by atoms with van der Waals surface area (Å²) >= 11 is 0. The van der Waals surface area contributed by atoms with Crippen molar-refractivity contribution in [1.29, 1.82) is 0 Å². The van der Waals surface area contributed by atoms with Gasteiger partial charge in [-0.15, -0.1) is 0 Å². The Morgan fingerprint density at radius 1 is 1.00 bits per heavy atom. The summed E-state index contributed by atoms with van der Waals surface area (Å²) in [6, 6.07) is 25.0. The molecule has 0 saturated carbocycles. The molecule has 0 amide bonds. The van der Waals surface area contributed by atoms with E-state index in [1.54, 1.807) is 0 Å². The summed E-state index contributed by atoms with van der Waals surface area (Å²) in [4.78, 5) is 13.4. The van der Waals surface area contributed by atoms with Gasteiger partial charge in [0.1, 0.15) is 11.5 Å². The third-order valence-electron chi connectivity index (χ3n) is 6.12. The van der Waals surface area contributed by atoms with Gasteiger partial charge in [-0.2, -0.15) is 0 Å². The molecule has 31 heavy (non-hydrogen) atoms. The highest BCUT2D eigenvalue weighted by molar-refractivity contribution is 5.69. The number of rotatable bonds is 7. The number of carboxylic acid groups (broad SMARTS) is 1. The van der Waals surface area contributed by atoms with Crippen LogP contribution >= 0.6 is 0 Å². The van der Waals surface area contributed by atoms with Gasteiger partial charge < -0.3 is 14.7 Å². The molecular weight excluding hydrogens is 386 g/mol. The highest BCUT2D eigenvalue weighted by atomic mass is 16.5. The number of aliphatic carboxylic acids is 1. The van der Waals surface area contributed by atoms with Gasteiger partial charge in [0.05, 0.1) is 6.42 Å². The first kappa shape index (κ1) is 21.0.